The second-order valence-electron chi connectivity index (χ2n) is 4.94. The number of halogens is 1. The van der Waals surface area contributed by atoms with Gasteiger partial charge in [0.25, 0.3) is 0 Å². The predicted octanol–water partition coefficient (Wildman–Crippen LogP) is 4.58. The Hall–Kier alpha value is -0.340. The second-order valence-corrected chi connectivity index (χ2v) is 5.79. The van der Waals surface area contributed by atoms with Crippen molar-refractivity contribution in [3.8, 4) is 0 Å². The molecular formula is C14H22BrN. The van der Waals surface area contributed by atoms with Gasteiger partial charge in [-0.05, 0) is 36.5 Å². The zero-order valence-corrected chi connectivity index (χ0v) is 12.0. The van der Waals surface area contributed by atoms with Crippen molar-refractivity contribution in [2.24, 2.45) is 11.7 Å². The van der Waals surface area contributed by atoms with Gasteiger partial charge in [-0.2, -0.15) is 0 Å². The summed E-state index contributed by atoms with van der Waals surface area (Å²) in [4.78, 5) is 0. The summed E-state index contributed by atoms with van der Waals surface area (Å²) in [6, 6.07) is 6.59. The Bertz CT molecular complexity index is 334. The number of hydrogen-bond donors (Lipinski definition) is 1. The van der Waals surface area contributed by atoms with Gasteiger partial charge in [-0.3, -0.25) is 0 Å². The van der Waals surface area contributed by atoms with Gasteiger partial charge in [-0.1, -0.05) is 54.8 Å². The van der Waals surface area contributed by atoms with Gasteiger partial charge < -0.3 is 5.73 Å². The minimum absolute atomic E-state index is 0.177. The maximum absolute atomic E-state index is 6.18. The highest BCUT2D eigenvalue weighted by Gasteiger charge is 2.07. The summed E-state index contributed by atoms with van der Waals surface area (Å²) in [5.41, 5.74) is 8.68. The van der Waals surface area contributed by atoms with E-state index in [1.165, 1.54) is 24.0 Å². The largest absolute Gasteiger partial charge is 0.324 e. The molecule has 0 fully saturated rings. The zero-order valence-electron chi connectivity index (χ0n) is 10.5. The highest BCUT2D eigenvalue weighted by Crippen LogP contribution is 2.24. The predicted molar refractivity (Wildman–Crippen MR) is 74.5 cm³/mol. The molecule has 0 aliphatic carbocycles. The minimum atomic E-state index is 0.177. The molecule has 0 spiro atoms. The first kappa shape index (κ1) is 13.7. The van der Waals surface area contributed by atoms with Crippen LogP contribution in [0, 0.1) is 12.8 Å². The first-order chi connectivity index (χ1) is 7.50. The summed E-state index contributed by atoms with van der Waals surface area (Å²) in [6.07, 6.45) is 3.55. The Morgan fingerprint density at radius 3 is 2.50 bits per heavy atom. The van der Waals surface area contributed by atoms with E-state index in [2.05, 4.69) is 54.9 Å². The Labute approximate surface area is 108 Å². The normalized spacial score (nSPS) is 13.1. The van der Waals surface area contributed by atoms with Crippen LogP contribution in [0.2, 0.25) is 0 Å². The molecule has 1 aromatic rings. The summed E-state index contributed by atoms with van der Waals surface area (Å²) in [7, 11) is 0. The molecule has 90 valence electrons. The van der Waals surface area contributed by atoms with Crippen LogP contribution in [0.1, 0.15) is 50.3 Å². The minimum Gasteiger partial charge on any atom is -0.324 e. The third-order valence-electron chi connectivity index (χ3n) is 2.92. The van der Waals surface area contributed by atoms with Crippen LogP contribution in [0.4, 0.5) is 0 Å². The number of benzene rings is 1. The molecule has 0 amide bonds. The van der Waals surface area contributed by atoms with Gasteiger partial charge in [0.15, 0.2) is 0 Å². The second kappa shape index (κ2) is 6.41. The topological polar surface area (TPSA) is 26.0 Å². The van der Waals surface area contributed by atoms with Crippen LogP contribution in [0.15, 0.2) is 22.7 Å². The molecule has 1 atom stereocenters. The summed E-state index contributed by atoms with van der Waals surface area (Å²) >= 11 is 3.55. The molecule has 0 bridgehead atoms. The highest BCUT2D eigenvalue weighted by atomic mass is 79.9. The molecule has 1 aromatic carbocycles. The third-order valence-corrected chi connectivity index (χ3v) is 3.77. The molecule has 16 heavy (non-hydrogen) atoms. The monoisotopic (exact) mass is 283 g/mol. The summed E-state index contributed by atoms with van der Waals surface area (Å²) < 4.78 is 1.16. The Morgan fingerprint density at radius 2 is 1.94 bits per heavy atom. The zero-order chi connectivity index (χ0) is 12.1. The number of rotatable bonds is 5. The molecule has 0 radical (unpaired) electrons. The fourth-order valence-electron chi connectivity index (χ4n) is 1.75. The van der Waals surface area contributed by atoms with Crippen LogP contribution in [0.3, 0.4) is 0 Å². The van der Waals surface area contributed by atoms with Crippen molar-refractivity contribution in [2.45, 2.75) is 46.1 Å². The van der Waals surface area contributed by atoms with Crippen LogP contribution in [0.25, 0.3) is 0 Å². The number of aryl methyl sites for hydroxylation is 1. The first-order valence-electron chi connectivity index (χ1n) is 6.02. The molecule has 1 unspecified atom stereocenters. The van der Waals surface area contributed by atoms with E-state index < -0.39 is 0 Å². The Balaban J connectivity index is 2.52. The van der Waals surface area contributed by atoms with Gasteiger partial charge >= 0.3 is 0 Å². The van der Waals surface area contributed by atoms with Crippen molar-refractivity contribution in [2.75, 3.05) is 0 Å². The van der Waals surface area contributed by atoms with E-state index in [0.717, 1.165) is 16.8 Å². The Kier molecular flexibility index (Phi) is 5.50. The summed E-state index contributed by atoms with van der Waals surface area (Å²) in [6.45, 7) is 6.61. The molecular weight excluding hydrogens is 262 g/mol. The summed E-state index contributed by atoms with van der Waals surface area (Å²) in [5, 5.41) is 0. The van der Waals surface area contributed by atoms with E-state index in [1.807, 2.05) is 0 Å². The van der Waals surface area contributed by atoms with Crippen molar-refractivity contribution in [1.29, 1.82) is 0 Å². The van der Waals surface area contributed by atoms with Gasteiger partial charge in [0, 0.05) is 10.5 Å². The molecule has 0 heterocycles. The van der Waals surface area contributed by atoms with E-state index in [4.69, 9.17) is 5.73 Å². The molecule has 2 heteroatoms. The number of nitrogens with two attached hydrogens (primary N) is 1. The van der Waals surface area contributed by atoms with Crippen molar-refractivity contribution >= 4 is 15.9 Å². The van der Waals surface area contributed by atoms with E-state index in [-0.39, 0.29) is 6.04 Å². The smallest absolute Gasteiger partial charge is 0.0295 e. The lowest BCUT2D eigenvalue weighted by molar-refractivity contribution is 0.505. The first-order valence-corrected chi connectivity index (χ1v) is 6.81. The van der Waals surface area contributed by atoms with Gasteiger partial charge in [0.2, 0.25) is 0 Å². The van der Waals surface area contributed by atoms with Crippen molar-refractivity contribution in [3.63, 3.8) is 0 Å². The van der Waals surface area contributed by atoms with E-state index in [1.54, 1.807) is 0 Å². The summed E-state index contributed by atoms with van der Waals surface area (Å²) in [5.74, 6) is 0.775. The molecule has 2 N–H and O–H groups in total. The average molecular weight is 284 g/mol. The van der Waals surface area contributed by atoms with Gasteiger partial charge in [0.1, 0.15) is 0 Å². The van der Waals surface area contributed by atoms with Gasteiger partial charge in [-0.15, -0.1) is 0 Å². The third kappa shape index (κ3) is 4.26. The maximum atomic E-state index is 6.18. The van der Waals surface area contributed by atoms with Gasteiger partial charge in [-0.25, -0.2) is 0 Å². The van der Waals surface area contributed by atoms with Crippen LogP contribution >= 0.6 is 15.9 Å². The Morgan fingerprint density at radius 1 is 1.25 bits per heavy atom. The molecule has 0 aromatic heterocycles. The quantitative estimate of drug-likeness (QED) is 0.841. The van der Waals surface area contributed by atoms with E-state index in [0.29, 0.717) is 0 Å². The van der Waals surface area contributed by atoms with Crippen LogP contribution in [-0.2, 0) is 0 Å². The van der Waals surface area contributed by atoms with Crippen LogP contribution < -0.4 is 5.73 Å². The SMILES string of the molecule is Cc1ccc(C(N)CCCC(C)C)cc1Br. The van der Waals surface area contributed by atoms with Crippen LogP contribution in [-0.4, -0.2) is 0 Å². The maximum Gasteiger partial charge on any atom is 0.0295 e. The molecule has 1 nitrogen and oxygen atoms in total. The van der Waals surface area contributed by atoms with Crippen molar-refractivity contribution in [1.82, 2.24) is 0 Å². The lowest BCUT2D eigenvalue weighted by atomic mass is 9.98. The highest BCUT2D eigenvalue weighted by molar-refractivity contribution is 9.10. The molecule has 0 aliphatic rings. The molecule has 0 aliphatic heterocycles. The van der Waals surface area contributed by atoms with Crippen molar-refractivity contribution < 1.29 is 0 Å². The molecule has 1 rings (SSSR count). The van der Waals surface area contributed by atoms with E-state index >= 15 is 0 Å². The lowest BCUT2D eigenvalue weighted by Gasteiger charge is -2.14. The van der Waals surface area contributed by atoms with Gasteiger partial charge in [0.05, 0.1) is 0 Å². The fourth-order valence-corrected chi connectivity index (χ4v) is 2.15. The molecule has 0 saturated carbocycles. The average Bonchev–Trinajstić information content (AvgIpc) is 2.21. The van der Waals surface area contributed by atoms with Crippen molar-refractivity contribution in [3.05, 3.63) is 33.8 Å². The number of hydrogen-bond acceptors (Lipinski definition) is 1. The fraction of sp³-hybridized carbons (Fsp3) is 0.571. The molecule has 0 saturated heterocycles. The standard InChI is InChI=1S/C14H22BrN/c1-10(2)5-4-6-14(16)12-8-7-11(3)13(15)9-12/h7-10,14H,4-6,16H2,1-3H3. The van der Waals surface area contributed by atoms with E-state index in [9.17, 15) is 0 Å². The lowest BCUT2D eigenvalue weighted by Crippen LogP contribution is -2.10. The van der Waals surface area contributed by atoms with Crippen LogP contribution in [0.5, 0.6) is 0 Å².